The van der Waals surface area contributed by atoms with Gasteiger partial charge in [0, 0.05) is 24.7 Å². The molecule has 0 aliphatic heterocycles. The molecule has 1 amide bonds. The maximum absolute atomic E-state index is 12.9. The van der Waals surface area contributed by atoms with Crippen molar-refractivity contribution < 1.29 is 32.3 Å². The molecule has 194 valence electrons. The molecule has 0 aliphatic carbocycles. The third-order valence-electron chi connectivity index (χ3n) is 6.24. The Balaban J connectivity index is 1.78. The van der Waals surface area contributed by atoms with Crippen molar-refractivity contribution in [2.24, 2.45) is 0 Å². The number of benzene rings is 1. The van der Waals surface area contributed by atoms with E-state index in [1.54, 1.807) is 10.9 Å². The topological polar surface area (TPSA) is 106 Å². The van der Waals surface area contributed by atoms with Gasteiger partial charge in [0.25, 0.3) is 5.91 Å². The molecule has 36 heavy (non-hydrogen) atoms. The lowest BCUT2D eigenvalue weighted by Crippen LogP contribution is -2.41. The van der Waals surface area contributed by atoms with Crippen molar-refractivity contribution in [2.75, 3.05) is 11.9 Å². The Hall–Kier alpha value is -3.25. The molecule has 0 atom stereocenters. The van der Waals surface area contributed by atoms with Crippen molar-refractivity contribution in [3.05, 3.63) is 53.5 Å². The number of fused-ring (bicyclic) bond motifs is 1. The summed E-state index contributed by atoms with van der Waals surface area (Å²) in [7, 11) is -1.86. The molecule has 0 saturated carbocycles. The molecule has 2 aromatic heterocycles. The van der Waals surface area contributed by atoms with E-state index in [0.29, 0.717) is 30.5 Å². The fraction of sp³-hybridized carbons (Fsp3) is 0.417. The zero-order valence-electron chi connectivity index (χ0n) is 20.7. The van der Waals surface area contributed by atoms with Gasteiger partial charge in [-0.25, -0.2) is 9.78 Å². The monoisotopic (exact) mass is 522 g/mol. The summed E-state index contributed by atoms with van der Waals surface area (Å²) in [6.07, 6.45) is -2.30. The van der Waals surface area contributed by atoms with Gasteiger partial charge in [0.2, 0.25) is 0 Å². The second kappa shape index (κ2) is 10.0. The summed E-state index contributed by atoms with van der Waals surface area (Å²) in [6.45, 7) is 12.0. The number of carbonyl (C=O) groups excluding carboxylic acids is 1. The van der Waals surface area contributed by atoms with Crippen LogP contribution in [0, 0.1) is 0 Å². The molecule has 2 N–H and O–H groups in total. The van der Waals surface area contributed by atoms with Gasteiger partial charge < -0.3 is 14.8 Å². The number of anilines is 1. The first kappa shape index (κ1) is 27.3. The van der Waals surface area contributed by atoms with Crippen LogP contribution in [0.3, 0.4) is 0 Å². The lowest BCUT2D eigenvalue weighted by molar-refractivity contribution is -0.141. The van der Waals surface area contributed by atoms with Crippen LogP contribution in [0.4, 0.5) is 18.9 Å². The van der Waals surface area contributed by atoms with Gasteiger partial charge in [-0.15, -0.1) is 0 Å². The highest BCUT2D eigenvalue weighted by Gasteiger charge is 2.37. The third-order valence-corrected chi connectivity index (χ3v) is 10.8. The number of hydrogen-bond donors (Lipinski definition) is 2. The van der Waals surface area contributed by atoms with Gasteiger partial charge in [0.05, 0.1) is 16.8 Å². The van der Waals surface area contributed by atoms with E-state index in [-0.39, 0.29) is 16.3 Å². The van der Waals surface area contributed by atoms with Gasteiger partial charge in [-0.1, -0.05) is 26.8 Å². The van der Waals surface area contributed by atoms with Gasteiger partial charge in [-0.05, 0) is 48.8 Å². The van der Waals surface area contributed by atoms with Crippen molar-refractivity contribution in [1.29, 1.82) is 0 Å². The van der Waals surface area contributed by atoms with E-state index in [0.717, 1.165) is 18.2 Å². The van der Waals surface area contributed by atoms with E-state index in [1.807, 2.05) is 0 Å². The van der Waals surface area contributed by atoms with E-state index in [9.17, 15) is 27.9 Å². The number of halogens is 3. The van der Waals surface area contributed by atoms with Crippen LogP contribution in [-0.4, -0.2) is 46.7 Å². The maximum atomic E-state index is 12.9. The highest BCUT2D eigenvalue weighted by Crippen LogP contribution is 2.36. The number of amides is 1. The summed E-state index contributed by atoms with van der Waals surface area (Å²) in [6, 6.07) is 5.67. The SMILES string of the molecule is CC(C)(C)[Si](C)(C)OCCCn1cc2cc(NC(=O)c3cccc(C(F)(F)F)n3)c(C(=O)O)cc2n1. The minimum absolute atomic E-state index is 0.0694. The van der Waals surface area contributed by atoms with E-state index in [2.05, 4.69) is 49.3 Å². The predicted molar refractivity (Wildman–Crippen MR) is 132 cm³/mol. The van der Waals surface area contributed by atoms with Crippen LogP contribution >= 0.6 is 0 Å². The first-order valence-electron chi connectivity index (χ1n) is 11.3. The van der Waals surface area contributed by atoms with Gasteiger partial charge in [0.15, 0.2) is 8.32 Å². The molecule has 0 fully saturated rings. The smallest absolute Gasteiger partial charge is 0.433 e. The quantitative estimate of drug-likeness (QED) is 0.286. The summed E-state index contributed by atoms with van der Waals surface area (Å²) in [5.74, 6) is -2.28. The molecule has 0 spiro atoms. The molecule has 2 heterocycles. The van der Waals surface area contributed by atoms with Crippen LogP contribution in [-0.2, 0) is 17.1 Å². The Bertz CT molecular complexity index is 1280. The zero-order valence-corrected chi connectivity index (χ0v) is 21.7. The lowest BCUT2D eigenvalue weighted by Gasteiger charge is -2.36. The highest BCUT2D eigenvalue weighted by molar-refractivity contribution is 6.74. The van der Waals surface area contributed by atoms with E-state index >= 15 is 0 Å². The van der Waals surface area contributed by atoms with Gasteiger partial charge in [-0.2, -0.15) is 18.3 Å². The third kappa shape index (κ3) is 6.29. The zero-order chi connectivity index (χ0) is 26.9. The van der Waals surface area contributed by atoms with Crippen LogP contribution in [0.2, 0.25) is 18.1 Å². The highest BCUT2D eigenvalue weighted by atomic mass is 28.4. The molecule has 0 unspecified atom stereocenters. The first-order valence-corrected chi connectivity index (χ1v) is 14.2. The summed E-state index contributed by atoms with van der Waals surface area (Å²) < 4.78 is 46.7. The van der Waals surface area contributed by atoms with E-state index in [1.165, 1.54) is 12.1 Å². The molecule has 1 aromatic carbocycles. The molecule has 8 nitrogen and oxygen atoms in total. The average Bonchev–Trinajstić information content (AvgIpc) is 3.16. The molecule has 0 bridgehead atoms. The van der Waals surface area contributed by atoms with Crippen molar-refractivity contribution in [3.63, 3.8) is 0 Å². The van der Waals surface area contributed by atoms with E-state index < -0.39 is 37.8 Å². The van der Waals surface area contributed by atoms with Crippen LogP contribution in [0.25, 0.3) is 10.9 Å². The van der Waals surface area contributed by atoms with Crippen molar-refractivity contribution in [3.8, 4) is 0 Å². The number of rotatable bonds is 8. The first-order chi connectivity index (χ1) is 16.6. The molecule has 0 saturated heterocycles. The number of carboxylic acids is 1. The summed E-state index contributed by atoms with van der Waals surface area (Å²) in [5, 5.41) is 17.1. The van der Waals surface area contributed by atoms with Gasteiger partial charge >= 0.3 is 12.1 Å². The Kier molecular flexibility index (Phi) is 7.60. The Morgan fingerprint density at radius 1 is 1.17 bits per heavy atom. The summed E-state index contributed by atoms with van der Waals surface area (Å²) in [5.41, 5.74) is -1.61. The average molecular weight is 523 g/mol. The number of carboxylic acid groups (broad SMARTS) is 1. The van der Waals surface area contributed by atoms with Crippen LogP contribution in [0.1, 0.15) is 53.7 Å². The Labute approximate surface area is 207 Å². The number of aryl methyl sites for hydroxylation is 1. The van der Waals surface area contributed by atoms with Crippen LogP contribution < -0.4 is 5.32 Å². The minimum Gasteiger partial charge on any atom is -0.478 e. The molecule has 3 rings (SSSR count). The number of alkyl halides is 3. The maximum Gasteiger partial charge on any atom is 0.433 e. The van der Waals surface area contributed by atoms with Crippen molar-refractivity contribution in [1.82, 2.24) is 14.8 Å². The van der Waals surface area contributed by atoms with Crippen LogP contribution in [0.5, 0.6) is 0 Å². The second-order valence-electron chi connectivity index (χ2n) is 9.98. The van der Waals surface area contributed by atoms with Gasteiger partial charge in [0.1, 0.15) is 11.4 Å². The molecule has 0 aliphatic rings. The Morgan fingerprint density at radius 3 is 2.47 bits per heavy atom. The number of nitrogens with one attached hydrogen (secondary N) is 1. The largest absolute Gasteiger partial charge is 0.478 e. The lowest BCUT2D eigenvalue weighted by atomic mass is 10.1. The molecule has 3 aromatic rings. The molecular weight excluding hydrogens is 493 g/mol. The molecule has 0 radical (unpaired) electrons. The van der Waals surface area contributed by atoms with Crippen molar-refractivity contribution in [2.45, 2.75) is 58.0 Å². The number of aromatic nitrogens is 3. The minimum atomic E-state index is -4.72. The fourth-order valence-corrected chi connectivity index (χ4v) is 4.28. The predicted octanol–water partition coefficient (Wildman–Crippen LogP) is 5.81. The summed E-state index contributed by atoms with van der Waals surface area (Å²) >= 11 is 0. The molecule has 12 heteroatoms. The van der Waals surface area contributed by atoms with Crippen molar-refractivity contribution >= 4 is 36.8 Å². The number of hydrogen-bond acceptors (Lipinski definition) is 5. The second-order valence-corrected chi connectivity index (χ2v) is 14.8. The molecular formula is C24H29F3N4O4Si. The van der Waals surface area contributed by atoms with E-state index in [4.69, 9.17) is 4.43 Å². The Morgan fingerprint density at radius 2 is 1.86 bits per heavy atom. The van der Waals surface area contributed by atoms with Gasteiger partial charge in [-0.3, -0.25) is 9.48 Å². The number of pyridine rings is 1. The number of carbonyl (C=O) groups is 2. The van der Waals surface area contributed by atoms with Crippen LogP contribution in [0.15, 0.2) is 36.5 Å². The standard InChI is InChI=1S/C24H29F3N4O4Si/c1-23(2,3)36(4,5)35-11-7-10-31-14-15-12-19(16(22(33)34)13-18(15)30-31)29-21(32)17-8-6-9-20(28-17)24(25,26)27/h6,8-9,12-14H,7,10-11H2,1-5H3,(H,29,32)(H,33,34). The fourth-order valence-electron chi connectivity index (χ4n) is 3.19. The number of aromatic carboxylic acids is 1. The normalized spacial score (nSPS) is 12.7. The number of nitrogens with zero attached hydrogens (tertiary/aromatic N) is 3. The summed E-state index contributed by atoms with van der Waals surface area (Å²) in [4.78, 5) is 27.7.